The van der Waals surface area contributed by atoms with Crippen molar-refractivity contribution in [2.75, 3.05) is 24.7 Å². The molecule has 2 aliphatic rings. The molecule has 0 aromatic heterocycles. The number of nitrogens with one attached hydrogen (secondary N) is 2. The molecular formula is C18H27N3OS. The Labute approximate surface area is 143 Å². The highest BCUT2D eigenvalue weighted by Gasteiger charge is 2.22. The largest absolute Gasteiger partial charge is 0.351 e. The number of benzene rings is 1. The Bertz CT molecular complexity index is 531. The van der Waals surface area contributed by atoms with Gasteiger partial charge in [0.25, 0.3) is 0 Å². The van der Waals surface area contributed by atoms with Gasteiger partial charge in [0.05, 0.1) is 6.04 Å². The molecule has 2 fully saturated rings. The highest BCUT2D eigenvalue weighted by molar-refractivity contribution is 7.99. The SMILES string of the molecule is C[C@H]1CCCN(Cc2ccccc2CNC(=O)[C@H]2CSCN2)C1. The molecule has 0 aliphatic carbocycles. The Kier molecular flexibility index (Phi) is 5.97. The molecule has 0 saturated carbocycles. The summed E-state index contributed by atoms with van der Waals surface area (Å²) in [4.78, 5) is 14.7. The average molecular weight is 334 g/mol. The Hall–Kier alpha value is -1.04. The lowest BCUT2D eigenvalue weighted by atomic mass is 9.99. The van der Waals surface area contributed by atoms with E-state index in [-0.39, 0.29) is 11.9 Å². The number of piperidine rings is 1. The van der Waals surface area contributed by atoms with Gasteiger partial charge in [-0.25, -0.2) is 0 Å². The topological polar surface area (TPSA) is 44.4 Å². The minimum Gasteiger partial charge on any atom is -0.351 e. The number of carbonyl (C=O) groups is 1. The number of carbonyl (C=O) groups excluding carboxylic acids is 1. The standard InChI is InChI=1S/C18H27N3OS/c1-14-5-4-8-21(10-14)11-16-7-3-2-6-15(16)9-19-18(22)17-12-23-13-20-17/h2-3,6-7,14,17,20H,4-5,8-13H2,1H3,(H,19,22)/t14-,17+/m0/s1. The van der Waals surface area contributed by atoms with Gasteiger partial charge in [0.2, 0.25) is 5.91 Å². The monoisotopic (exact) mass is 333 g/mol. The molecule has 5 heteroatoms. The van der Waals surface area contributed by atoms with E-state index in [9.17, 15) is 4.79 Å². The summed E-state index contributed by atoms with van der Waals surface area (Å²) < 4.78 is 0. The summed E-state index contributed by atoms with van der Waals surface area (Å²) in [5.41, 5.74) is 2.58. The molecule has 126 valence electrons. The van der Waals surface area contributed by atoms with Crippen LogP contribution >= 0.6 is 11.8 Å². The number of nitrogens with zero attached hydrogens (tertiary/aromatic N) is 1. The zero-order valence-corrected chi connectivity index (χ0v) is 14.7. The Morgan fingerprint density at radius 3 is 2.96 bits per heavy atom. The highest BCUT2D eigenvalue weighted by atomic mass is 32.2. The summed E-state index contributed by atoms with van der Waals surface area (Å²) in [7, 11) is 0. The fourth-order valence-corrected chi connectivity index (χ4v) is 4.37. The molecule has 4 nitrogen and oxygen atoms in total. The van der Waals surface area contributed by atoms with E-state index >= 15 is 0 Å². The molecular weight excluding hydrogens is 306 g/mol. The van der Waals surface area contributed by atoms with Crippen LogP contribution in [0, 0.1) is 5.92 Å². The first-order valence-electron chi connectivity index (χ1n) is 8.60. The first-order valence-corrected chi connectivity index (χ1v) is 9.76. The second-order valence-electron chi connectivity index (χ2n) is 6.74. The van der Waals surface area contributed by atoms with Crippen LogP contribution in [0.3, 0.4) is 0 Å². The first kappa shape index (κ1) is 16.8. The van der Waals surface area contributed by atoms with Crippen molar-refractivity contribution in [3.63, 3.8) is 0 Å². The molecule has 0 spiro atoms. The molecule has 1 amide bonds. The molecule has 0 unspecified atom stereocenters. The molecule has 2 saturated heterocycles. The number of hydrogen-bond acceptors (Lipinski definition) is 4. The van der Waals surface area contributed by atoms with Gasteiger partial charge in [-0.1, -0.05) is 31.2 Å². The third kappa shape index (κ3) is 4.72. The van der Waals surface area contributed by atoms with Crippen LogP contribution in [0.25, 0.3) is 0 Å². The summed E-state index contributed by atoms with van der Waals surface area (Å²) in [6, 6.07) is 8.47. The van der Waals surface area contributed by atoms with Crippen molar-refractivity contribution in [2.45, 2.75) is 38.9 Å². The molecule has 2 heterocycles. The van der Waals surface area contributed by atoms with Gasteiger partial charge in [-0.3, -0.25) is 15.0 Å². The van der Waals surface area contributed by atoms with Gasteiger partial charge < -0.3 is 5.32 Å². The third-order valence-electron chi connectivity index (χ3n) is 4.74. The fourth-order valence-electron chi connectivity index (χ4n) is 3.42. The van der Waals surface area contributed by atoms with Gasteiger partial charge in [0.15, 0.2) is 0 Å². The van der Waals surface area contributed by atoms with Gasteiger partial charge in [-0.05, 0) is 36.4 Å². The van der Waals surface area contributed by atoms with Gasteiger partial charge in [-0.2, -0.15) is 0 Å². The van der Waals surface area contributed by atoms with E-state index in [0.29, 0.717) is 6.54 Å². The smallest absolute Gasteiger partial charge is 0.238 e. The van der Waals surface area contributed by atoms with Crippen LogP contribution in [0.4, 0.5) is 0 Å². The number of amides is 1. The molecule has 2 aliphatic heterocycles. The van der Waals surface area contributed by atoms with E-state index in [1.54, 1.807) is 11.8 Å². The normalized spacial score (nSPS) is 25.4. The second kappa shape index (κ2) is 8.18. The van der Waals surface area contributed by atoms with Crippen molar-refractivity contribution < 1.29 is 4.79 Å². The third-order valence-corrected chi connectivity index (χ3v) is 5.68. The van der Waals surface area contributed by atoms with Crippen LogP contribution in [-0.4, -0.2) is 41.6 Å². The lowest BCUT2D eigenvalue weighted by Crippen LogP contribution is -2.41. The van der Waals surface area contributed by atoms with E-state index in [1.165, 1.54) is 37.1 Å². The van der Waals surface area contributed by atoms with Crippen LogP contribution in [-0.2, 0) is 17.9 Å². The van der Waals surface area contributed by atoms with Crippen molar-refractivity contribution in [1.29, 1.82) is 0 Å². The predicted octanol–water partition coefficient (Wildman–Crippen LogP) is 2.20. The summed E-state index contributed by atoms with van der Waals surface area (Å²) >= 11 is 1.78. The maximum absolute atomic E-state index is 12.2. The number of thioether (sulfide) groups is 1. The summed E-state index contributed by atoms with van der Waals surface area (Å²) in [6.45, 7) is 6.33. The quantitative estimate of drug-likeness (QED) is 0.867. The van der Waals surface area contributed by atoms with Gasteiger partial charge in [-0.15, -0.1) is 11.8 Å². The Morgan fingerprint density at radius 1 is 1.39 bits per heavy atom. The minimum atomic E-state index is -0.0323. The first-order chi connectivity index (χ1) is 11.2. The molecule has 0 bridgehead atoms. The molecule has 1 aromatic rings. The van der Waals surface area contributed by atoms with Crippen molar-refractivity contribution in [2.24, 2.45) is 5.92 Å². The average Bonchev–Trinajstić information content (AvgIpc) is 3.08. The molecule has 3 rings (SSSR count). The Balaban J connectivity index is 1.57. The molecule has 23 heavy (non-hydrogen) atoms. The van der Waals surface area contributed by atoms with Crippen LogP contribution < -0.4 is 10.6 Å². The van der Waals surface area contributed by atoms with Gasteiger partial charge in [0.1, 0.15) is 0 Å². The summed E-state index contributed by atoms with van der Waals surface area (Å²) in [5, 5.41) is 6.31. The zero-order valence-electron chi connectivity index (χ0n) is 13.9. The molecule has 2 atom stereocenters. The fraction of sp³-hybridized carbons (Fsp3) is 0.611. The second-order valence-corrected chi connectivity index (χ2v) is 7.77. The highest BCUT2D eigenvalue weighted by Crippen LogP contribution is 2.19. The molecule has 0 radical (unpaired) electrons. The van der Waals surface area contributed by atoms with E-state index in [4.69, 9.17) is 0 Å². The maximum atomic E-state index is 12.2. The lowest BCUT2D eigenvalue weighted by Gasteiger charge is -2.31. The van der Waals surface area contributed by atoms with E-state index in [0.717, 1.165) is 24.1 Å². The van der Waals surface area contributed by atoms with Crippen molar-refractivity contribution in [3.8, 4) is 0 Å². The molecule has 1 aromatic carbocycles. The lowest BCUT2D eigenvalue weighted by molar-refractivity contribution is -0.122. The number of likely N-dealkylation sites (tertiary alicyclic amines) is 1. The van der Waals surface area contributed by atoms with Crippen LogP contribution in [0.2, 0.25) is 0 Å². The zero-order chi connectivity index (χ0) is 16.1. The van der Waals surface area contributed by atoms with Crippen LogP contribution in [0.1, 0.15) is 30.9 Å². The van der Waals surface area contributed by atoms with E-state index in [1.807, 2.05) is 0 Å². The summed E-state index contributed by atoms with van der Waals surface area (Å²) in [5.74, 6) is 2.67. The van der Waals surface area contributed by atoms with Crippen molar-refractivity contribution in [1.82, 2.24) is 15.5 Å². The van der Waals surface area contributed by atoms with Crippen molar-refractivity contribution in [3.05, 3.63) is 35.4 Å². The maximum Gasteiger partial charge on any atom is 0.238 e. The number of hydrogen-bond donors (Lipinski definition) is 2. The number of rotatable bonds is 5. The Morgan fingerprint density at radius 2 is 2.22 bits per heavy atom. The van der Waals surface area contributed by atoms with E-state index < -0.39 is 0 Å². The van der Waals surface area contributed by atoms with Crippen molar-refractivity contribution >= 4 is 17.7 Å². The van der Waals surface area contributed by atoms with Gasteiger partial charge in [0, 0.05) is 31.3 Å². The van der Waals surface area contributed by atoms with Crippen LogP contribution in [0.5, 0.6) is 0 Å². The minimum absolute atomic E-state index is 0.0323. The predicted molar refractivity (Wildman–Crippen MR) is 96.2 cm³/mol. The summed E-state index contributed by atoms with van der Waals surface area (Å²) in [6.07, 6.45) is 2.64. The van der Waals surface area contributed by atoms with Crippen LogP contribution in [0.15, 0.2) is 24.3 Å². The van der Waals surface area contributed by atoms with Gasteiger partial charge >= 0.3 is 0 Å². The van der Waals surface area contributed by atoms with E-state index in [2.05, 4.69) is 46.7 Å². The molecule has 2 N–H and O–H groups in total.